The molecule has 1 amide bonds. The Morgan fingerprint density at radius 2 is 2.04 bits per heavy atom. The Bertz CT molecular complexity index is 1020. The Hall–Kier alpha value is -3.31. The van der Waals surface area contributed by atoms with Crippen LogP contribution in [0.1, 0.15) is 26.4 Å². The fourth-order valence-electron chi connectivity index (χ4n) is 2.17. The molecule has 0 atom stereocenters. The van der Waals surface area contributed by atoms with E-state index in [1.54, 1.807) is 18.2 Å². The first kappa shape index (κ1) is 15.6. The molecule has 0 saturated heterocycles. The first-order valence-electron chi connectivity index (χ1n) is 6.67. The highest BCUT2D eigenvalue weighted by atomic mass is 32.1. The molecule has 8 heteroatoms. The van der Waals surface area contributed by atoms with Crippen molar-refractivity contribution in [2.45, 2.75) is 4.90 Å². The van der Waals surface area contributed by atoms with Crippen LogP contribution in [0.3, 0.4) is 0 Å². The molecule has 3 aromatic rings. The molecule has 0 aliphatic rings. The number of thiol groups is 1. The molecular weight excluding hydrogens is 330 g/mol. The van der Waals surface area contributed by atoms with E-state index in [4.69, 9.17) is 9.78 Å². The smallest absolute Gasteiger partial charge is 0.337 e. The van der Waals surface area contributed by atoms with Gasteiger partial charge >= 0.3 is 5.97 Å². The van der Waals surface area contributed by atoms with Crippen molar-refractivity contribution in [1.29, 1.82) is 5.26 Å². The summed E-state index contributed by atoms with van der Waals surface area (Å²) in [5, 5.41) is 24.7. The molecule has 1 aromatic heterocycles. The summed E-state index contributed by atoms with van der Waals surface area (Å²) in [6, 6.07) is 10.8. The van der Waals surface area contributed by atoms with Gasteiger partial charge in [-0.25, -0.2) is 4.79 Å². The summed E-state index contributed by atoms with van der Waals surface area (Å²) < 4.78 is 5.07. The van der Waals surface area contributed by atoms with E-state index in [0.717, 1.165) is 0 Å². The average Bonchev–Trinajstić information content (AvgIpc) is 2.98. The highest BCUT2D eigenvalue weighted by molar-refractivity contribution is 7.80. The second-order valence-corrected chi connectivity index (χ2v) is 5.36. The fourth-order valence-corrected chi connectivity index (χ4v) is 2.38. The quantitative estimate of drug-likeness (QED) is 0.632. The van der Waals surface area contributed by atoms with Gasteiger partial charge in [-0.15, -0.1) is 12.6 Å². The number of amides is 1. The number of carbonyl (C=O) groups excluding carboxylic acids is 1. The van der Waals surface area contributed by atoms with E-state index >= 15 is 0 Å². The maximum Gasteiger partial charge on any atom is 0.337 e. The molecule has 0 spiro atoms. The summed E-state index contributed by atoms with van der Waals surface area (Å²) in [6.45, 7) is 0. The van der Waals surface area contributed by atoms with Crippen LogP contribution in [0, 0.1) is 11.3 Å². The summed E-state index contributed by atoms with van der Waals surface area (Å²) >= 11 is 4.21. The molecule has 0 saturated carbocycles. The lowest BCUT2D eigenvalue weighted by Crippen LogP contribution is -2.15. The molecule has 3 rings (SSSR count). The number of aromatic carboxylic acids is 1. The van der Waals surface area contributed by atoms with Gasteiger partial charge in [-0.3, -0.25) is 4.79 Å². The van der Waals surface area contributed by atoms with Crippen LogP contribution in [0.5, 0.6) is 0 Å². The minimum Gasteiger partial charge on any atom is -0.478 e. The number of nitrogens with one attached hydrogen (secondary N) is 1. The third-order valence-electron chi connectivity index (χ3n) is 3.30. The summed E-state index contributed by atoms with van der Waals surface area (Å²) in [5.74, 6) is -1.88. The largest absolute Gasteiger partial charge is 0.478 e. The Labute approximate surface area is 140 Å². The van der Waals surface area contributed by atoms with E-state index in [1.807, 2.05) is 6.07 Å². The predicted octanol–water partition coefficient (Wildman–Crippen LogP) is 2.94. The first-order chi connectivity index (χ1) is 11.5. The fraction of sp³-hybridized carbons (Fsp3) is 0. The number of anilines is 1. The molecular formula is C16H9N3O4S. The number of benzene rings is 2. The highest BCUT2D eigenvalue weighted by Crippen LogP contribution is 2.24. The van der Waals surface area contributed by atoms with E-state index in [0.29, 0.717) is 15.9 Å². The van der Waals surface area contributed by atoms with Crippen LogP contribution in [-0.2, 0) is 0 Å². The number of nitriles is 1. The van der Waals surface area contributed by atoms with Gasteiger partial charge in [0.1, 0.15) is 0 Å². The number of carboxylic acid groups (broad SMARTS) is 1. The van der Waals surface area contributed by atoms with Crippen molar-refractivity contribution in [1.82, 2.24) is 5.16 Å². The Morgan fingerprint density at radius 1 is 1.25 bits per heavy atom. The summed E-state index contributed by atoms with van der Waals surface area (Å²) in [6.07, 6.45) is 0. The molecule has 0 aliphatic carbocycles. The standard InChI is InChI=1S/C16H9N3O4S/c17-7-8-1-3-12(10(5-8)16(21)22)18-15(20)14-11-6-9(24)2-4-13(11)23-19-14/h1-6,24H,(H,18,20)(H,21,22). The molecule has 7 nitrogen and oxygen atoms in total. The summed E-state index contributed by atoms with van der Waals surface area (Å²) in [7, 11) is 0. The van der Waals surface area contributed by atoms with Crippen LogP contribution in [0.2, 0.25) is 0 Å². The lowest BCUT2D eigenvalue weighted by Gasteiger charge is -2.07. The first-order valence-corrected chi connectivity index (χ1v) is 7.11. The van der Waals surface area contributed by atoms with Crippen molar-refractivity contribution in [2.75, 3.05) is 5.32 Å². The number of rotatable bonds is 3. The number of carboxylic acids is 1. The number of aromatic nitrogens is 1. The van der Waals surface area contributed by atoms with Crippen LogP contribution in [0.4, 0.5) is 5.69 Å². The average molecular weight is 339 g/mol. The monoisotopic (exact) mass is 339 g/mol. The van der Waals surface area contributed by atoms with Crippen molar-refractivity contribution in [3.8, 4) is 6.07 Å². The number of carbonyl (C=O) groups is 2. The topological polar surface area (TPSA) is 116 Å². The maximum atomic E-state index is 12.4. The molecule has 0 bridgehead atoms. The van der Waals surface area contributed by atoms with E-state index in [9.17, 15) is 14.7 Å². The lowest BCUT2D eigenvalue weighted by atomic mass is 10.1. The van der Waals surface area contributed by atoms with Gasteiger partial charge in [-0.1, -0.05) is 5.16 Å². The van der Waals surface area contributed by atoms with Gasteiger partial charge in [-0.2, -0.15) is 5.26 Å². The normalized spacial score (nSPS) is 10.3. The molecule has 24 heavy (non-hydrogen) atoms. The Kier molecular flexibility index (Phi) is 3.93. The van der Waals surface area contributed by atoms with E-state index < -0.39 is 11.9 Å². The van der Waals surface area contributed by atoms with Crippen LogP contribution in [0.15, 0.2) is 45.8 Å². The van der Waals surface area contributed by atoms with Crippen molar-refractivity contribution < 1.29 is 19.2 Å². The number of nitrogens with zero attached hydrogens (tertiary/aromatic N) is 2. The minimum atomic E-state index is -1.26. The van der Waals surface area contributed by atoms with Crippen molar-refractivity contribution in [3.63, 3.8) is 0 Å². The van der Waals surface area contributed by atoms with Gasteiger partial charge in [0.25, 0.3) is 5.91 Å². The molecule has 1 heterocycles. The lowest BCUT2D eigenvalue weighted by molar-refractivity contribution is 0.0698. The minimum absolute atomic E-state index is 0.0154. The predicted molar refractivity (Wildman–Crippen MR) is 87.3 cm³/mol. The van der Waals surface area contributed by atoms with Crippen molar-refractivity contribution in [2.24, 2.45) is 0 Å². The summed E-state index contributed by atoms with van der Waals surface area (Å²) in [4.78, 5) is 24.4. The maximum absolute atomic E-state index is 12.4. The molecule has 0 unspecified atom stereocenters. The van der Waals surface area contributed by atoms with Gasteiger partial charge in [0, 0.05) is 4.90 Å². The second-order valence-electron chi connectivity index (χ2n) is 4.84. The molecule has 118 valence electrons. The van der Waals surface area contributed by atoms with Crippen LogP contribution >= 0.6 is 12.6 Å². The molecule has 2 N–H and O–H groups in total. The van der Waals surface area contributed by atoms with Gasteiger partial charge in [0.05, 0.1) is 28.3 Å². The zero-order valence-electron chi connectivity index (χ0n) is 12.0. The Morgan fingerprint density at radius 3 is 2.75 bits per heavy atom. The summed E-state index contributed by atoms with van der Waals surface area (Å²) in [5.41, 5.74) is 0.476. The third kappa shape index (κ3) is 2.80. The molecule has 0 fully saturated rings. The van der Waals surface area contributed by atoms with E-state index in [1.165, 1.54) is 18.2 Å². The zero-order valence-corrected chi connectivity index (χ0v) is 12.9. The van der Waals surface area contributed by atoms with E-state index in [2.05, 4.69) is 23.1 Å². The van der Waals surface area contributed by atoms with Crippen LogP contribution in [0.25, 0.3) is 11.0 Å². The van der Waals surface area contributed by atoms with Crippen molar-refractivity contribution in [3.05, 3.63) is 53.2 Å². The molecule has 0 radical (unpaired) electrons. The van der Waals surface area contributed by atoms with Gasteiger partial charge in [0.2, 0.25) is 0 Å². The van der Waals surface area contributed by atoms with Crippen LogP contribution < -0.4 is 5.32 Å². The van der Waals surface area contributed by atoms with Crippen molar-refractivity contribution >= 4 is 41.2 Å². The van der Waals surface area contributed by atoms with Gasteiger partial charge in [0.15, 0.2) is 11.3 Å². The Balaban J connectivity index is 1.99. The third-order valence-corrected chi connectivity index (χ3v) is 3.57. The molecule has 2 aromatic carbocycles. The number of hydrogen-bond donors (Lipinski definition) is 3. The van der Waals surface area contributed by atoms with E-state index in [-0.39, 0.29) is 22.5 Å². The highest BCUT2D eigenvalue weighted by Gasteiger charge is 2.19. The molecule has 0 aliphatic heterocycles. The number of hydrogen-bond acceptors (Lipinski definition) is 6. The van der Waals surface area contributed by atoms with Crippen LogP contribution in [-0.4, -0.2) is 22.1 Å². The number of fused-ring (bicyclic) bond motifs is 1. The van der Waals surface area contributed by atoms with Gasteiger partial charge < -0.3 is 14.9 Å². The SMILES string of the molecule is N#Cc1ccc(NC(=O)c2noc3ccc(S)cc23)c(C(=O)O)c1. The zero-order chi connectivity index (χ0) is 17.3. The second kappa shape index (κ2) is 6.06. The van der Waals surface area contributed by atoms with Gasteiger partial charge in [-0.05, 0) is 36.4 Å².